The second-order valence-corrected chi connectivity index (χ2v) is 5.86. The summed E-state index contributed by atoms with van der Waals surface area (Å²) in [6.45, 7) is 6.42. The monoisotopic (exact) mass is 236 g/mol. The molecule has 1 saturated carbocycles. The maximum Gasteiger partial charge on any atom is 0.221 e. The molecule has 1 N–H and O–H groups in total. The molecule has 0 atom stereocenters. The van der Waals surface area contributed by atoms with E-state index in [0.29, 0.717) is 18.3 Å². The van der Waals surface area contributed by atoms with Gasteiger partial charge < -0.3 is 5.32 Å². The normalized spacial score (nSPS) is 28.8. The van der Waals surface area contributed by atoms with Crippen LogP contribution in [-0.2, 0) is 4.79 Å². The van der Waals surface area contributed by atoms with Gasteiger partial charge in [0.25, 0.3) is 0 Å². The van der Waals surface area contributed by atoms with Gasteiger partial charge in [0.2, 0.25) is 5.91 Å². The molecule has 0 aliphatic heterocycles. The van der Waals surface area contributed by atoms with Gasteiger partial charge in [0.15, 0.2) is 0 Å². The molecule has 0 bridgehead atoms. The first-order valence-electron chi connectivity index (χ1n) is 6.70. The van der Waals surface area contributed by atoms with E-state index in [2.05, 4.69) is 32.2 Å². The summed E-state index contributed by atoms with van der Waals surface area (Å²) < 4.78 is 0. The zero-order valence-corrected chi connectivity index (χ0v) is 11.3. The van der Waals surface area contributed by atoms with Crippen molar-refractivity contribution in [1.82, 2.24) is 5.32 Å². The predicted octanol–water partition coefficient (Wildman–Crippen LogP) is 3.01. The quantitative estimate of drug-likeness (QED) is 0.815. The van der Waals surface area contributed by atoms with Crippen LogP contribution in [0.15, 0.2) is 0 Å². The highest BCUT2D eigenvalue weighted by Gasteiger charge is 2.35. The molecule has 1 aliphatic carbocycles. The van der Waals surface area contributed by atoms with Crippen LogP contribution in [0.5, 0.6) is 0 Å². The number of carbonyl (C=O) groups excluding carboxylic acids is 1. The number of carbonyl (C=O) groups is 1. The van der Waals surface area contributed by atoms with Crippen molar-refractivity contribution in [2.45, 2.75) is 64.8 Å². The first-order chi connectivity index (χ1) is 7.97. The molecule has 96 valence electrons. The number of rotatable bonds is 4. The highest BCUT2D eigenvalue weighted by atomic mass is 16.1. The van der Waals surface area contributed by atoms with Crippen LogP contribution in [0.4, 0.5) is 0 Å². The molecule has 0 aromatic carbocycles. The number of nitrogens with one attached hydrogen (secondary N) is 1. The Kier molecular flexibility index (Phi) is 4.99. The third kappa shape index (κ3) is 4.38. The Hall–Kier alpha value is -1.04. The van der Waals surface area contributed by atoms with Crippen molar-refractivity contribution < 1.29 is 4.79 Å². The van der Waals surface area contributed by atoms with Crippen LogP contribution in [0.25, 0.3) is 0 Å². The molecule has 1 amide bonds. The van der Waals surface area contributed by atoms with Crippen LogP contribution in [0.2, 0.25) is 0 Å². The zero-order valence-electron chi connectivity index (χ0n) is 11.3. The number of hydrogen-bond donors (Lipinski definition) is 1. The number of nitrogens with zero attached hydrogens (tertiary/aromatic N) is 1. The van der Waals surface area contributed by atoms with E-state index in [9.17, 15) is 10.1 Å². The average molecular weight is 236 g/mol. The SMILES string of the molecule is CC(C)CCC(=O)NC1(C#N)CCC(C)CC1. The Bertz CT molecular complexity index is 296. The highest BCUT2D eigenvalue weighted by Crippen LogP contribution is 2.31. The Morgan fingerprint density at radius 2 is 2.06 bits per heavy atom. The largest absolute Gasteiger partial charge is 0.338 e. The lowest BCUT2D eigenvalue weighted by molar-refractivity contribution is -0.123. The Morgan fingerprint density at radius 3 is 2.53 bits per heavy atom. The van der Waals surface area contributed by atoms with Gasteiger partial charge >= 0.3 is 0 Å². The van der Waals surface area contributed by atoms with E-state index in [1.165, 1.54) is 0 Å². The molecule has 1 aliphatic rings. The van der Waals surface area contributed by atoms with Gasteiger partial charge in [0.05, 0.1) is 6.07 Å². The maximum absolute atomic E-state index is 11.8. The Morgan fingerprint density at radius 1 is 1.47 bits per heavy atom. The van der Waals surface area contributed by atoms with E-state index >= 15 is 0 Å². The maximum atomic E-state index is 11.8. The van der Waals surface area contributed by atoms with E-state index in [0.717, 1.165) is 32.1 Å². The van der Waals surface area contributed by atoms with Gasteiger partial charge in [-0.1, -0.05) is 20.8 Å². The minimum Gasteiger partial charge on any atom is -0.338 e. The van der Waals surface area contributed by atoms with Crippen molar-refractivity contribution in [3.05, 3.63) is 0 Å². The van der Waals surface area contributed by atoms with Crippen molar-refractivity contribution in [1.29, 1.82) is 5.26 Å². The van der Waals surface area contributed by atoms with Gasteiger partial charge in [0.1, 0.15) is 5.54 Å². The van der Waals surface area contributed by atoms with Crippen LogP contribution in [0.3, 0.4) is 0 Å². The van der Waals surface area contributed by atoms with Gasteiger partial charge in [-0.15, -0.1) is 0 Å². The van der Waals surface area contributed by atoms with Crippen molar-refractivity contribution >= 4 is 5.91 Å². The van der Waals surface area contributed by atoms with E-state index < -0.39 is 5.54 Å². The molecule has 3 nitrogen and oxygen atoms in total. The summed E-state index contributed by atoms with van der Waals surface area (Å²) >= 11 is 0. The molecule has 0 aromatic heterocycles. The van der Waals surface area contributed by atoms with Crippen molar-refractivity contribution in [3.8, 4) is 6.07 Å². The molecule has 3 heteroatoms. The lowest BCUT2D eigenvalue weighted by atomic mass is 9.78. The second-order valence-electron chi connectivity index (χ2n) is 5.86. The first kappa shape index (κ1) is 14.0. The van der Waals surface area contributed by atoms with Crippen LogP contribution in [0, 0.1) is 23.2 Å². The third-order valence-electron chi connectivity index (χ3n) is 3.67. The molecule has 0 spiro atoms. The Labute approximate surface area is 105 Å². The molecular formula is C14H24N2O. The molecule has 17 heavy (non-hydrogen) atoms. The van der Waals surface area contributed by atoms with Crippen molar-refractivity contribution in [2.24, 2.45) is 11.8 Å². The van der Waals surface area contributed by atoms with E-state index in [4.69, 9.17) is 0 Å². The fourth-order valence-electron chi connectivity index (χ4n) is 2.27. The predicted molar refractivity (Wildman–Crippen MR) is 68.2 cm³/mol. The molecule has 0 saturated heterocycles. The fourth-order valence-corrected chi connectivity index (χ4v) is 2.27. The summed E-state index contributed by atoms with van der Waals surface area (Å²) in [4.78, 5) is 11.8. The van der Waals surface area contributed by atoms with E-state index in [-0.39, 0.29) is 5.91 Å². The lowest BCUT2D eigenvalue weighted by Gasteiger charge is -2.34. The van der Waals surface area contributed by atoms with Gasteiger partial charge in [-0.25, -0.2) is 0 Å². The van der Waals surface area contributed by atoms with Crippen LogP contribution >= 0.6 is 0 Å². The molecule has 1 rings (SSSR count). The lowest BCUT2D eigenvalue weighted by Crippen LogP contribution is -2.49. The Balaban J connectivity index is 2.47. The summed E-state index contributed by atoms with van der Waals surface area (Å²) in [6, 6.07) is 2.32. The number of hydrogen-bond acceptors (Lipinski definition) is 2. The number of nitriles is 1. The molecule has 0 aromatic rings. The molecule has 0 heterocycles. The van der Waals surface area contributed by atoms with Gasteiger partial charge in [-0.2, -0.15) is 5.26 Å². The summed E-state index contributed by atoms with van der Waals surface area (Å²) in [5.41, 5.74) is -0.583. The zero-order chi connectivity index (χ0) is 12.9. The fraction of sp³-hybridized carbons (Fsp3) is 0.857. The van der Waals surface area contributed by atoms with Gasteiger partial charge in [-0.3, -0.25) is 4.79 Å². The van der Waals surface area contributed by atoms with Crippen molar-refractivity contribution in [3.63, 3.8) is 0 Å². The number of amides is 1. The molecular weight excluding hydrogens is 212 g/mol. The van der Waals surface area contributed by atoms with Crippen LogP contribution in [0.1, 0.15) is 59.3 Å². The third-order valence-corrected chi connectivity index (χ3v) is 3.67. The smallest absolute Gasteiger partial charge is 0.221 e. The van der Waals surface area contributed by atoms with E-state index in [1.54, 1.807) is 0 Å². The summed E-state index contributed by atoms with van der Waals surface area (Å²) in [6.07, 6.45) is 5.12. The minimum absolute atomic E-state index is 0.0369. The second kappa shape index (κ2) is 6.05. The summed E-state index contributed by atoms with van der Waals surface area (Å²) in [7, 11) is 0. The van der Waals surface area contributed by atoms with Gasteiger partial charge in [-0.05, 0) is 43.9 Å². The summed E-state index contributed by atoms with van der Waals surface area (Å²) in [5.74, 6) is 1.25. The first-order valence-corrected chi connectivity index (χ1v) is 6.70. The highest BCUT2D eigenvalue weighted by molar-refractivity contribution is 5.77. The van der Waals surface area contributed by atoms with Crippen LogP contribution < -0.4 is 5.32 Å². The van der Waals surface area contributed by atoms with Crippen LogP contribution in [-0.4, -0.2) is 11.4 Å². The van der Waals surface area contributed by atoms with Crippen molar-refractivity contribution in [2.75, 3.05) is 0 Å². The van der Waals surface area contributed by atoms with Gasteiger partial charge in [0, 0.05) is 6.42 Å². The molecule has 0 unspecified atom stereocenters. The standard InChI is InChI=1S/C14H24N2O/c1-11(2)4-5-13(17)16-14(10-15)8-6-12(3)7-9-14/h11-12H,4-9H2,1-3H3,(H,16,17). The van der Waals surface area contributed by atoms with E-state index in [1.807, 2.05) is 0 Å². The minimum atomic E-state index is -0.583. The topological polar surface area (TPSA) is 52.9 Å². The summed E-state index contributed by atoms with van der Waals surface area (Å²) in [5, 5.41) is 12.2. The average Bonchev–Trinajstić information content (AvgIpc) is 2.30. The molecule has 1 fully saturated rings. The molecule has 0 radical (unpaired) electrons.